The number of aliphatic hydroxyl groups excluding tert-OH is 1. The molecule has 0 aromatic heterocycles. The van der Waals surface area contributed by atoms with Crippen molar-refractivity contribution in [2.45, 2.75) is 19.6 Å². The summed E-state index contributed by atoms with van der Waals surface area (Å²) in [5, 5.41) is 16.5. The summed E-state index contributed by atoms with van der Waals surface area (Å²) < 4.78 is 1.21. The Balaban J connectivity index is 2.68. The number of aliphatic hydroxyl groups is 2. The first kappa shape index (κ1) is 8.56. The van der Waals surface area contributed by atoms with Crippen molar-refractivity contribution in [1.82, 2.24) is 0 Å². The van der Waals surface area contributed by atoms with Gasteiger partial charge in [0, 0.05) is 0 Å². The van der Waals surface area contributed by atoms with E-state index in [1.54, 1.807) is 0 Å². The Morgan fingerprint density at radius 1 is 1.43 bits per heavy atom. The summed E-state index contributed by atoms with van der Waals surface area (Å²) in [6, 6.07) is 0. The second kappa shape index (κ2) is 5.69. The van der Waals surface area contributed by atoms with Crippen LogP contribution in [0.2, 0.25) is 0.515 Å². The van der Waals surface area contributed by atoms with Gasteiger partial charge in [0.2, 0.25) is 0 Å². The summed E-state index contributed by atoms with van der Waals surface area (Å²) in [5.41, 5.74) is 0. The summed E-state index contributed by atoms with van der Waals surface area (Å²) >= 11 is 0.877. The van der Waals surface area contributed by atoms with E-state index in [1.165, 1.54) is 0.515 Å². The van der Waals surface area contributed by atoms with Gasteiger partial charge in [-0.2, -0.15) is 0 Å². The van der Waals surface area contributed by atoms with Gasteiger partial charge < -0.3 is 0 Å². The summed E-state index contributed by atoms with van der Waals surface area (Å²) in [4.78, 5) is 0. The Labute approximate surface area is 77.5 Å². The molecule has 0 aliphatic rings. The molecule has 0 radical (unpaired) electrons. The van der Waals surface area contributed by atoms with Crippen molar-refractivity contribution in [1.29, 1.82) is 0 Å². The first-order valence-electron chi connectivity index (χ1n) is 2.63. The van der Waals surface area contributed by atoms with E-state index in [2.05, 4.69) is 0 Å². The van der Waals surface area contributed by atoms with E-state index in [0.717, 1.165) is 55.4 Å². The standard InChI is InChI=1S/C4H9O2.K/c1-2-3-4(5)6;/h4-6H,1-3H2;. The fourth-order valence-electron chi connectivity index (χ4n) is 0.387. The average Bonchev–Trinajstić information content (AvgIpc) is 1.61. The van der Waals surface area contributed by atoms with Crippen LogP contribution in [0.5, 0.6) is 0 Å². The predicted octanol–water partition coefficient (Wildman–Crippen LogP) is -0.336. The van der Waals surface area contributed by atoms with Crippen molar-refractivity contribution in [3.63, 3.8) is 0 Å². The molecule has 0 unspecified atom stereocenters. The van der Waals surface area contributed by atoms with Crippen molar-refractivity contribution >= 4 is 49.0 Å². The van der Waals surface area contributed by atoms with Crippen LogP contribution in [-0.4, -0.2) is 65.5 Å². The molecule has 0 fully saturated rings. The molecule has 0 bridgehead atoms. The summed E-state index contributed by atoms with van der Waals surface area (Å²) in [6.07, 6.45) is 0.474. The molecular weight excluding hydrogens is 119 g/mol. The topological polar surface area (TPSA) is 40.5 Å². The van der Waals surface area contributed by atoms with Crippen LogP contribution in [0.3, 0.4) is 0 Å². The van der Waals surface area contributed by atoms with E-state index < -0.39 is 6.29 Å². The molecule has 0 saturated carbocycles. The van der Waals surface area contributed by atoms with Gasteiger partial charge in [-0.05, 0) is 0 Å². The van der Waals surface area contributed by atoms with E-state index >= 15 is 0 Å². The molecule has 7 heavy (non-hydrogen) atoms. The molecule has 0 rings (SSSR count). The second-order valence-electron chi connectivity index (χ2n) is 1.62. The van der Waals surface area contributed by atoms with Crippen LogP contribution in [0.4, 0.5) is 0 Å². The molecule has 0 aromatic rings. The van der Waals surface area contributed by atoms with Crippen molar-refractivity contribution in [2.24, 2.45) is 0 Å². The Hall–Kier alpha value is 1.56. The number of rotatable bonds is 3. The minimum absolute atomic E-state index is 0.557. The van der Waals surface area contributed by atoms with Crippen LogP contribution in [0, 0.1) is 0 Å². The maximum absolute atomic E-state index is 8.26. The Bertz CT molecular complexity index is 38.7. The molecule has 0 aromatic carbocycles. The molecule has 0 amide bonds. The molecule has 0 spiro atoms. The molecule has 0 aliphatic heterocycles. The zero-order valence-electron chi connectivity index (χ0n) is 4.59. The Morgan fingerprint density at radius 2 is 2.00 bits per heavy atom. The van der Waals surface area contributed by atoms with Crippen LogP contribution >= 0.6 is 0 Å². The van der Waals surface area contributed by atoms with E-state index in [0.29, 0.717) is 6.42 Å². The molecule has 38 valence electrons. The maximum atomic E-state index is 8.26. The van der Waals surface area contributed by atoms with Gasteiger partial charge in [0.05, 0.1) is 0 Å². The van der Waals surface area contributed by atoms with E-state index in [4.69, 9.17) is 10.2 Å². The monoisotopic (exact) mass is 128 g/mol. The molecule has 0 heterocycles. The van der Waals surface area contributed by atoms with Crippen LogP contribution in [0.15, 0.2) is 0 Å². The van der Waals surface area contributed by atoms with Crippen molar-refractivity contribution < 1.29 is 10.2 Å². The van der Waals surface area contributed by atoms with Gasteiger partial charge in [0.15, 0.2) is 0 Å². The molecule has 0 saturated heterocycles. The molecule has 0 atom stereocenters. The van der Waals surface area contributed by atoms with Crippen LogP contribution in [0.1, 0.15) is 12.8 Å². The zero-order chi connectivity index (χ0) is 5.70. The summed E-state index contributed by atoms with van der Waals surface area (Å²) in [5.74, 6) is 0. The van der Waals surface area contributed by atoms with Gasteiger partial charge in [0.25, 0.3) is 0 Å². The summed E-state index contributed by atoms with van der Waals surface area (Å²) in [6.45, 7) is 0. The van der Waals surface area contributed by atoms with E-state index in [1.807, 2.05) is 0 Å². The van der Waals surface area contributed by atoms with Gasteiger partial charge in [0.1, 0.15) is 0 Å². The fraction of sp³-hybridized carbons (Fsp3) is 1.00. The number of hydrogen-bond donors (Lipinski definition) is 2. The Morgan fingerprint density at radius 3 is 2.14 bits per heavy atom. The number of hydrogen-bond acceptors (Lipinski definition) is 2. The van der Waals surface area contributed by atoms with Crippen molar-refractivity contribution in [3.05, 3.63) is 0 Å². The third-order valence-corrected chi connectivity index (χ3v) is 1.92. The first-order valence-corrected chi connectivity index (χ1v) is 4.84. The third kappa shape index (κ3) is 7.56. The van der Waals surface area contributed by atoms with Crippen molar-refractivity contribution in [2.75, 3.05) is 0 Å². The fourth-order valence-corrected chi connectivity index (χ4v) is 1.02. The van der Waals surface area contributed by atoms with Crippen LogP contribution in [0.25, 0.3) is 0 Å². The average molecular weight is 128 g/mol. The predicted molar refractivity (Wildman–Crippen MR) is 28.0 cm³/mol. The van der Waals surface area contributed by atoms with Crippen molar-refractivity contribution in [3.8, 4) is 0 Å². The van der Waals surface area contributed by atoms with Gasteiger partial charge in [-0.25, -0.2) is 0 Å². The van der Waals surface area contributed by atoms with Gasteiger partial charge in [-0.15, -0.1) is 0 Å². The molecule has 0 aliphatic carbocycles. The molecule has 2 nitrogen and oxygen atoms in total. The molecular formula is C4H9KO2. The van der Waals surface area contributed by atoms with Gasteiger partial charge in [-0.1, -0.05) is 0 Å². The third-order valence-electron chi connectivity index (χ3n) is 0.816. The summed E-state index contributed by atoms with van der Waals surface area (Å²) in [7, 11) is 0. The molecule has 3 heteroatoms. The quantitative estimate of drug-likeness (QED) is 0.403. The zero-order valence-corrected chi connectivity index (χ0v) is 7.72. The van der Waals surface area contributed by atoms with E-state index in [9.17, 15) is 0 Å². The normalized spacial score (nSPS) is 10.4. The SMILES string of the molecule is OC(O)CC[CH2][K]. The van der Waals surface area contributed by atoms with Gasteiger partial charge >= 0.3 is 78.8 Å². The van der Waals surface area contributed by atoms with E-state index in [-0.39, 0.29) is 0 Å². The minimum atomic E-state index is -1.07. The molecule has 2 N–H and O–H groups in total. The first-order chi connectivity index (χ1) is 3.27. The van der Waals surface area contributed by atoms with Crippen LogP contribution in [-0.2, 0) is 0 Å². The van der Waals surface area contributed by atoms with Gasteiger partial charge in [-0.3, -0.25) is 0 Å². The second-order valence-corrected chi connectivity index (χ2v) is 3.18. The Kier molecular flexibility index (Phi) is 6.95. The van der Waals surface area contributed by atoms with Crippen LogP contribution < -0.4 is 0 Å².